The van der Waals surface area contributed by atoms with Crippen molar-refractivity contribution in [2.45, 2.75) is 18.2 Å². The van der Waals surface area contributed by atoms with Gasteiger partial charge in [-0.1, -0.05) is 36.4 Å². The second kappa shape index (κ2) is 8.92. The van der Waals surface area contributed by atoms with Crippen LogP contribution < -0.4 is 14.8 Å². The van der Waals surface area contributed by atoms with Gasteiger partial charge in [-0.05, 0) is 49.9 Å². The minimum absolute atomic E-state index is 0.141. The molecular formula is C23H19F3N4O3S. The first kappa shape index (κ1) is 23.5. The van der Waals surface area contributed by atoms with Crippen molar-refractivity contribution in [1.82, 2.24) is 14.9 Å². The van der Waals surface area contributed by atoms with Crippen LogP contribution >= 0.6 is 0 Å². The van der Waals surface area contributed by atoms with Crippen molar-refractivity contribution in [3.63, 3.8) is 0 Å². The topological polar surface area (TPSA) is 93.2 Å². The minimum atomic E-state index is -4.77. The Bertz CT molecular complexity index is 1460. The molecule has 0 aliphatic heterocycles. The normalized spacial score (nSPS) is 12.0. The third-order valence-corrected chi connectivity index (χ3v) is 6.61. The molecule has 0 aliphatic rings. The van der Waals surface area contributed by atoms with E-state index in [-0.39, 0.29) is 10.6 Å². The lowest BCUT2D eigenvalue weighted by molar-refractivity contribution is -0.274. The smallest absolute Gasteiger partial charge is 0.406 e. The van der Waals surface area contributed by atoms with Gasteiger partial charge in [-0.2, -0.15) is 0 Å². The molecule has 11 heteroatoms. The third-order valence-electron chi connectivity index (χ3n) is 5.06. The van der Waals surface area contributed by atoms with Gasteiger partial charge in [-0.15, -0.1) is 23.4 Å². The van der Waals surface area contributed by atoms with Crippen molar-refractivity contribution in [2.75, 3.05) is 12.4 Å². The molecule has 176 valence electrons. The molecule has 0 amide bonds. The number of ether oxygens (including phenoxy) is 1. The Balaban J connectivity index is 1.73. The van der Waals surface area contributed by atoms with Crippen LogP contribution in [0.4, 0.5) is 24.7 Å². The fraction of sp³-hybridized carbons (Fsp3) is 0.130. The SMILES string of the molecule is CNS(=O)(=O)c1cc(-c2nnc(Nc3ccc(OC(F)(F)F)cc3)c3ccccc23)ccc1C. The molecule has 4 rings (SSSR count). The summed E-state index contributed by atoms with van der Waals surface area (Å²) in [5.74, 6) is 0.0510. The van der Waals surface area contributed by atoms with Gasteiger partial charge in [-0.3, -0.25) is 0 Å². The van der Waals surface area contributed by atoms with Crippen molar-refractivity contribution in [1.29, 1.82) is 0 Å². The summed E-state index contributed by atoms with van der Waals surface area (Å²) in [5, 5.41) is 13.0. The average molecular weight is 488 g/mol. The molecule has 34 heavy (non-hydrogen) atoms. The highest BCUT2D eigenvalue weighted by atomic mass is 32.2. The lowest BCUT2D eigenvalue weighted by atomic mass is 10.0. The first-order chi connectivity index (χ1) is 16.1. The first-order valence-corrected chi connectivity index (χ1v) is 11.5. The number of fused-ring (bicyclic) bond motifs is 1. The summed E-state index contributed by atoms with van der Waals surface area (Å²) in [5.41, 5.74) is 2.14. The number of hydrogen-bond acceptors (Lipinski definition) is 6. The number of alkyl halides is 3. The zero-order valence-electron chi connectivity index (χ0n) is 18.0. The van der Waals surface area contributed by atoms with Crippen LogP contribution in [-0.4, -0.2) is 32.0 Å². The maximum absolute atomic E-state index is 12.4. The molecule has 0 radical (unpaired) electrons. The van der Waals surface area contributed by atoms with Crippen molar-refractivity contribution in [3.8, 4) is 17.0 Å². The van der Waals surface area contributed by atoms with E-state index < -0.39 is 16.4 Å². The summed E-state index contributed by atoms with van der Waals surface area (Å²) in [7, 11) is -2.32. The van der Waals surface area contributed by atoms with Crippen LogP contribution in [0.1, 0.15) is 5.56 Å². The Kier molecular flexibility index (Phi) is 6.15. The molecule has 1 aromatic heterocycles. The predicted molar refractivity (Wildman–Crippen MR) is 122 cm³/mol. The van der Waals surface area contributed by atoms with Crippen LogP contribution in [0.15, 0.2) is 71.6 Å². The van der Waals surface area contributed by atoms with Gasteiger partial charge in [0.1, 0.15) is 11.4 Å². The largest absolute Gasteiger partial charge is 0.573 e. The van der Waals surface area contributed by atoms with E-state index in [1.54, 1.807) is 25.1 Å². The van der Waals surface area contributed by atoms with Crippen molar-refractivity contribution in [2.24, 2.45) is 0 Å². The highest BCUT2D eigenvalue weighted by molar-refractivity contribution is 7.89. The number of nitrogens with zero attached hydrogens (tertiary/aromatic N) is 2. The number of aryl methyl sites for hydroxylation is 1. The second-order valence-electron chi connectivity index (χ2n) is 7.33. The number of benzene rings is 3. The molecule has 0 saturated carbocycles. The van der Waals surface area contributed by atoms with Crippen LogP contribution in [0, 0.1) is 6.92 Å². The zero-order chi connectivity index (χ0) is 24.5. The van der Waals surface area contributed by atoms with Gasteiger partial charge in [0.2, 0.25) is 10.0 Å². The summed E-state index contributed by atoms with van der Waals surface area (Å²) in [6, 6.07) is 17.5. The van der Waals surface area contributed by atoms with E-state index in [1.807, 2.05) is 24.3 Å². The quantitative estimate of drug-likeness (QED) is 0.390. The molecule has 0 atom stereocenters. The average Bonchev–Trinajstić information content (AvgIpc) is 2.80. The summed E-state index contributed by atoms with van der Waals surface area (Å²) in [4.78, 5) is 0.141. The molecule has 7 nitrogen and oxygen atoms in total. The van der Waals surface area contributed by atoms with E-state index in [9.17, 15) is 21.6 Å². The molecule has 3 aromatic carbocycles. The van der Waals surface area contributed by atoms with Crippen LogP contribution in [0.25, 0.3) is 22.0 Å². The summed E-state index contributed by atoms with van der Waals surface area (Å²) >= 11 is 0. The van der Waals surface area contributed by atoms with Gasteiger partial charge in [0.25, 0.3) is 0 Å². The number of aromatic nitrogens is 2. The van der Waals surface area contributed by atoms with Crippen LogP contribution in [0.3, 0.4) is 0 Å². The number of anilines is 2. The van der Waals surface area contributed by atoms with Gasteiger partial charge in [0.15, 0.2) is 5.82 Å². The number of nitrogens with one attached hydrogen (secondary N) is 2. The number of rotatable bonds is 6. The van der Waals surface area contributed by atoms with Crippen molar-refractivity contribution in [3.05, 3.63) is 72.3 Å². The van der Waals surface area contributed by atoms with Crippen LogP contribution in [-0.2, 0) is 10.0 Å². The van der Waals surface area contributed by atoms with E-state index in [4.69, 9.17) is 0 Å². The van der Waals surface area contributed by atoms with Crippen LogP contribution in [0.5, 0.6) is 5.75 Å². The van der Waals surface area contributed by atoms with Gasteiger partial charge >= 0.3 is 6.36 Å². The number of hydrogen-bond donors (Lipinski definition) is 2. The maximum Gasteiger partial charge on any atom is 0.573 e. The highest BCUT2D eigenvalue weighted by Crippen LogP contribution is 2.33. The number of sulfonamides is 1. The Hall–Kier alpha value is -3.70. The Labute approximate surface area is 193 Å². The van der Waals surface area contributed by atoms with Gasteiger partial charge in [0.05, 0.1) is 4.90 Å². The molecule has 0 saturated heterocycles. The van der Waals surface area contributed by atoms with Gasteiger partial charge in [0, 0.05) is 22.0 Å². The molecular weight excluding hydrogens is 469 g/mol. The second-order valence-corrected chi connectivity index (χ2v) is 9.18. The summed E-state index contributed by atoms with van der Waals surface area (Å²) in [6.07, 6.45) is -4.77. The summed E-state index contributed by atoms with van der Waals surface area (Å²) in [6.45, 7) is 1.70. The number of halogens is 3. The molecule has 0 unspecified atom stereocenters. The van der Waals surface area contributed by atoms with Crippen LogP contribution in [0.2, 0.25) is 0 Å². The fourth-order valence-electron chi connectivity index (χ4n) is 3.43. The molecule has 4 aromatic rings. The lowest BCUT2D eigenvalue weighted by Crippen LogP contribution is -2.19. The van der Waals surface area contributed by atoms with E-state index in [1.165, 1.54) is 31.3 Å². The van der Waals surface area contributed by atoms with E-state index in [2.05, 4.69) is 25.0 Å². The molecule has 1 heterocycles. The third kappa shape index (κ3) is 4.95. The Morgan fingerprint density at radius 1 is 0.912 bits per heavy atom. The monoisotopic (exact) mass is 488 g/mol. The summed E-state index contributed by atoms with van der Waals surface area (Å²) < 4.78 is 68.1. The Morgan fingerprint density at radius 2 is 1.59 bits per heavy atom. The van der Waals surface area contributed by atoms with Gasteiger partial charge in [-0.25, -0.2) is 13.1 Å². The zero-order valence-corrected chi connectivity index (χ0v) is 18.8. The van der Waals surface area contributed by atoms with E-state index in [0.717, 1.165) is 0 Å². The van der Waals surface area contributed by atoms with Crippen molar-refractivity contribution < 1.29 is 26.3 Å². The minimum Gasteiger partial charge on any atom is -0.406 e. The Morgan fingerprint density at radius 3 is 2.24 bits per heavy atom. The highest BCUT2D eigenvalue weighted by Gasteiger charge is 2.31. The van der Waals surface area contributed by atoms with Gasteiger partial charge < -0.3 is 10.1 Å². The first-order valence-electron chi connectivity index (χ1n) is 10.0. The van der Waals surface area contributed by atoms with E-state index in [0.29, 0.717) is 39.1 Å². The molecule has 0 fully saturated rings. The molecule has 0 aliphatic carbocycles. The standard InChI is InChI=1S/C23H19F3N4O3S/c1-14-7-8-15(13-20(14)34(31,32)27-2)21-18-5-3-4-6-19(18)22(30-29-21)28-16-9-11-17(12-10-16)33-23(24,25)26/h3-13,27H,1-2H3,(H,28,30). The maximum atomic E-state index is 12.4. The lowest BCUT2D eigenvalue weighted by Gasteiger charge is -2.13. The molecule has 0 spiro atoms. The molecule has 2 N–H and O–H groups in total. The fourth-order valence-corrected chi connectivity index (χ4v) is 4.43. The van der Waals surface area contributed by atoms with Crippen molar-refractivity contribution >= 4 is 32.3 Å². The van der Waals surface area contributed by atoms with E-state index >= 15 is 0 Å². The predicted octanol–water partition coefficient (Wildman–Crippen LogP) is 5.16. The molecule has 0 bridgehead atoms.